The molecule has 0 fully saturated rings. The number of hydrogen-bond acceptors (Lipinski definition) is 2. The monoisotopic (exact) mass is 446 g/mol. The first-order chi connectivity index (χ1) is 13.3. The molecule has 0 N–H and O–H groups in total. The average Bonchev–Trinajstić information content (AvgIpc) is 2.47. The van der Waals surface area contributed by atoms with Gasteiger partial charge in [0.15, 0.2) is 0 Å². The fraction of sp³-hybridized carbons (Fsp3) is 0.615. The van der Waals surface area contributed by atoms with E-state index in [1.54, 1.807) is 0 Å². The molecule has 0 saturated heterocycles. The summed E-state index contributed by atoms with van der Waals surface area (Å²) in [4.78, 5) is 0. The van der Waals surface area contributed by atoms with Crippen LogP contribution in [-0.2, 0) is 0 Å². The van der Waals surface area contributed by atoms with E-state index in [-0.39, 0.29) is 10.1 Å². The first-order valence-electron chi connectivity index (χ1n) is 11.1. The maximum Gasteiger partial charge on any atom is 0.250 e. The fourth-order valence-corrected chi connectivity index (χ4v) is 4.54. The van der Waals surface area contributed by atoms with Crippen LogP contribution in [0.25, 0.3) is 12.2 Å². The second kappa shape index (κ2) is 9.08. The van der Waals surface area contributed by atoms with Gasteiger partial charge < -0.3 is 8.85 Å². The molecule has 1 aromatic rings. The Balaban J connectivity index is 3.73. The molecule has 0 radical (unpaired) electrons. The smallest absolute Gasteiger partial charge is 0.250 e. The summed E-state index contributed by atoms with van der Waals surface area (Å²) in [6.45, 7) is 31.5. The summed E-state index contributed by atoms with van der Waals surface area (Å²) in [5, 5.41) is 0.282. The molecule has 0 spiro atoms. The van der Waals surface area contributed by atoms with Crippen LogP contribution < -0.4 is 8.85 Å². The summed E-state index contributed by atoms with van der Waals surface area (Å²) in [5.74, 6) is 1.94. The van der Waals surface area contributed by atoms with Crippen molar-refractivity contribution in [1.29, 1.82) is 0 Å². The average molecular weight is 447 g/mol. The molecular formula is C26H46O2Si2. The van der Waals surface area contributed by atoms with E-state index < -0.39 is 16.6 Å². The van der Waals surface area contributed by atoms with Crippen molar-refractivity contribution in [1.82, 2.24) is 0 Å². The first-order valence-corrected chi connectivity index (χ1v) is 16.9. The highest BCUT2D eigenvalue weighted by atomic mass is 28.4. The lowest BCUT2D eigenvalue weighted by Crippen LogP contribution is -2.44. The van der Waals surface area contributed by atoms with E-state index in [9.17, 15) is 0 Å². The SMILES string of the molecule is CC(C)=Cc1cc(O[Si](C)(C)C(C)(C)C)c(C=C(C)C)cc1O[Si](C)(C)C(C)(C)C. The van der Waals surface area contributed by atoms with E-state index in [0.717, 1.165) is 22.6 Å². The Kier molecular flexibility index (Phi) is 8.10. The van der Waals surface area contributed by atoms with E-state index in [1.165, 1.54) is 11.1 Å². The number of hydrogen-bond donors (Lipinski definition) is 0. The summed E-state index contributed by atoms with van der Waals surface area (Å²) in [6, 6.07) is 4.40. The molecule has 0 saturated carbocycles. The fourth-order valence-electron chi connectivity index (χ4n) is 2.47. The molecule has 0 heterocycles. The highest BCUT2D eigenvalue weighted by Crippen LogP contribution is 2.43. The minimum absolute atomic E-state index is 0.141. The predicted octanol–water partition coefficient (Wildman–Crippen LogP) is 9.30. The molecule has 0 aliphatic heterocycles. The van der Waals surface area contributed by atoms with Crippen molar-refractivity contribution in [3.63, 3.8) is 0 Å². The van der Waals surface area contributed by atoms with Crippen LogP contribution in [0.3, 0.4) is 0 Å². The van der Waals surface area contributed by atoms with E-state index in [2.05, 4.69) is 120 Å². The van der Waals surface area contributed by atoms with Gasteiger partial charge in [-0.3, -0.25) is 0 Å². The van der Waals surface area contributed by atoms with Crippen molar-refractivity contribution in [2.75, 3.05) is 0 Å². The van der Waals surface area contributed by atoms with Gasteiger partial charge in [0.05, 0.1) is 0 Å². The Hall–Kier alpha value is -1.27. The molecule has 0 aromatic heterocycles. The van der Waals surface area contributed by atoms with Crippen LogP contribution in [-0.4, -0.2) is 16.6 Å². The summed E-state index contributed by atoms with van der Waals surface area (Å²) in [6.07, 6.45) is 4.43. The van der Waals surface area contributed by atoms with Gasteiger partial charge in [-0.1, -0.05) is 64.8 Å². The molecule has 0 aliphatic carbocycles. The third-order valence-corrected chi connectivity index (χ3v) is 15.1. The van der Waals surface area contributed by atoms with Crippen molar-refractivity contribution in [3.8, 4) is 11.5 Å². The summed E-state index contributed by atoms with van der Waals surface area (Å²) in [5.41, 5.74) is 4.73. The summed E-state index contributed by atoms with van der Waals surface area (Å²) < 4.78 is 13.6. The van der Waals surface area contributed by atoms with Crippen molar-refractivity contribution < 1.29 is 8.85 Å². The quantitative estimate of drug-likeness (QED) is 0.405. The Morgan fingerprint density at radius 1 is 0.633 bits per heavy atom. The van der Waals surface area contributed by atoms with Crippen molar-refractivity contribution in [2.24, 2.45) is 0 Å². The number of rotatable bonds is 6. The molecular weight excluding hydrogens is 400 g/mol. The van der Waals surface area contributed by atoms with Gasteiger partial charge in [-0.15, -0.1) is 0 Å². The molecule has 170 valence electrons. The molecule has 1 rings (SSSR count). The number of allylic oxidation sites excluding steroid dienone is 2. The molecule has 2 nitrogen and oxygen atoms in total. The molecule has 4 heteroatoms. The van der Waals surface area contributed by atoms with Gasteiger partial charge in [0, 0.05) is 11.1 Å². The molecule has 0 amide bonds. The zero-order valence-electron chi connectivity index (χ0n) is 22.1. The minimum atomic E-state index is -1.97. The molecule has 0 unspecified atom stereocenters. The first kappa shape index (κ1) is 26.8. The highest BCUT2D eigenvalue weighted by molar-refractivity contribution is 6.75. The van der Waals surface area contributed by atoms with Gasteiger partial charge >= 0.3 is 0 Å². The Morgan fingerprint density at radius 2 is 0.900 bits per heavy atom. The third kappa shape index (κ3) is 6.88. The lowest BCUT2D eigenvalue weighted by atomic mass is 10.1. The molecule has 0 aliphatic rings. The Labute approximate surface area is 189 Å². The Morgan fingerprint density at radius 3 is 1.10 bits per heavy atom. The van der Waals surface area contributed by atoms with Gasteiger partial charge in [-0.25, -0.2) is 0 Å². The van der Waals surface area contributed by atoms with E-state index >= 15 is 0 Å². The van der Waals surface area contributed by atoms with Crippen molar-refractivity contribution >= 4 is 28.8 Å². The molecule has 0 bridgehead atoms. The van der Waals surface area contributed by atoms with Gasteiger partial charge in [-0.2, -0.15) is 0 Å². The Bertz CT molecular complexity index is 739. The topological polar surface area (TPSA) is 18.5 Å². The van der Waals surface area contributed by atoms with Gasteiger partial charge in [0.1, 0.15) is 11.5 Å². The molecule has 1 aromatic carbocycles. The molecule has 30 heavy (non-hydrogen) atoms. The van der Waals surface area contributed by atoms with Crippen molar-refractivity contribution in [3.05, 3.63) is 34.4 Å². The third-order valence-electron chi connectivity index (χ3n) is 6.37. The largest absolute Gasteiger partial charge is 0.543 e. The molecule has 0 atom stereocenters. The van der Waals surface area contributed by atoms with Crippen LogP contribution in [0.1, 0.15) is 80.4 Å². The zero-order chi connectivity index (χ0) is 23.7. The maximum absolute atomic E-state index is 6.79. The van der Waals surface area contributed by atoms with Crippen LogP contribution >= 0.6 is 0 Å². The van der Waals surface area contributed by atoms with Crippen molar-refractivity contribution in [2.45, 2.75) is 106 Å². The second-order valence-corrected chi connectivity index (χ2v) is 21.5. The van der Waals surface area contributed by atoms with E-state index in [4.69, 9.17) is 8.85 Å². The van der Waals surface area contributed by atoms with Gasteiger partial charge in [0.25, 0.3) is 16.6 Å². The standard InChI is InChI=1S/C26H46O2Si2/c1-19(2)15-21-17-24(28-30(13,14)26(8,9)10)22(16-20(3)4)18-23(21)27-29(11,12)25(5,6)7/h15-18H,1-14H3. The van der Waals surface area contributed by atoms with Crippen LogP contribution in [0.2, 0.25) is 36.3 Å². The minimum Gasteiger partial charge on any atom is -0.543 e. The maximum atomic E-state index is 6.79. The van der Waals surface area contributed by atoms with Crippen LogP contribution in [0.4, 0.5) is 0 Å². The highest BCUT2D eigenvalue weighted by Gasteiger charge is 2.41. The van der Waals surface area contributed by atoms with Gasteiger partial charge in [-0.05, 0) is 76.1 Å². The number of benzene rings is 1. The van der Waals surface area contributed by atoms with Crippen LogP contribution in [0.15, 0.2) is 23.3 Å². The van der Waals surface area contributed by atoms with E-state index in [0.29, 0.717) is 0 Å². The summed E-state index contributed by atoms with van der Waals surface area (Å²) >= 11 is 0. The zero-order valence-corrected chi connectivity index (χ0v) is 24.1. The predicted molar refractivity (Wildman–Crippen MR) is 141 cm³/mol. The van der Waals surface area contributed by atoms with Crippen LogP contribution in [0.5, 0.6) is 11.5 Å². The second-order valence-electron chi connectivity index (χ2n) is 12.1. The lowest BCUT2D eigenvalue weighted by Gasteiger charge is -2.38. The van der Waals surface area contributed by atoms with Crippen LogP contribution in [0, 0.1) is 0 Å². The normalized spacial score (nSPS) is 13.0. The lowest BCUT2D eigenvalue weighted by molar-refractivity contribution is 0.480. The van der Waals surface area contributed by atoms with E-state index in [1.807, 2.05) is 0 Å². The summed E-state index contributed by atoms with van der Waals surface area (Å²) in [7, 11) is -3.93. The van der Waals surface area contributed by atoms with Gasteiger partial charge in [0.2, 0.25) is 0 Å².